The van der Waals surface area contributed by atoms with Gasteiger partial charge in [-0.2, -0.15) is 0 Å². The van der Waals surface area contributed by atoms with Crippen molar-refractivity contribution in [2.24, 2.45) is 0 Å². The van der Waals surface area contributed by atoms with Crippen molar-refractivity contribution in [3.05, 3.63) is 83.9 Å². The summed E-state index contributed by atoms with van der Waals surface area (Å²) in [4.78, 5) is 27.0. The minimum atomic E-state index is -1.12. The number of ether oxygens (including phenoxy) is 1. The maximum Gasteiger partial charge on any atom is 0.246 e. The van der Waals surface area contributed by atoms with E-state index in [1.54, 1.807) is 37.4 Å². The molecule has 0 saturated heterocycles. The number of benzene rings is 3. The number of Topliss-reactive ketones (excluding diaryl/α,β-unsaturated/α-hetero) is 1. The molecular formula is C23H20N2O3S. The molecule has 1 aliphatic rings. The highest BCUT2D eigenvalue weighted by molar-refractivity contribution is 8.01. The standard InChI is InChI=1S/C23H20N2O3S/c1-28-16-11-12-18(24)21(13-16)29-23(14-20(26)15-7-3-2-4-8-15)17-9-5-6-10-19(17)25-22(23)27/h2-13H,14,24H2,1H3,(H,25,27). The van der Waals surface area contributed by atoms with Gasteiger partial charge in [0.05, 0.1) is 7.11 Å². The summed E-state index contributed by atoms with van der Waals surface area (Å²) in [6, 6.07) is 21.8. The molecule has 0 aromatic heterocycles. The van der Waals surface area contributed by atoms with Gasteiger partial charge in [0, 0.05) is 33.8 Å². The first-order valence-corrected chi connectivity index (χ1v) is 9.97. The largest absolute Gasteiger partial charge is 0.497 e. The summed E-state index contributed by atoms with van der Waals surface area (Å²) in [5.74, 6) is 0.305. The minimum absolute atomic E-state index is 0.0151. The van der Waals surface area contributed by atoms with Crippen LogP contribution in [0.25, 0.3) is 0 Å². The van der Waals surface area contributed by atoms with E-state index in [9.17, 15) is 9.59 Å². The Kier molecular flexibility index (Phi) is 5.03. The topological polar surface area (TPSA) is 81.4 Å². The molecule has 3 aromatic carbocycles. The fraction of sp³-hybridized carbons (Fsp3) is 0.130. The normalized spacial score (nSPS) is 17.5. The number of carbonyl (C=O) groups excluding carboxylic acids is 2. The number of hydrogen-bond acceptors (Lipinski definition) is 5. The van der Waals surface area contributed by atoms with Gasteiger partial charge in [0.1, 0.15) is 10.5 Å². The molecule has 0 bridgehead atoms. The van der Waals surface area contributed by atoms with Gasteiger partial charge in [-0.05, 0) is 24.3 Å². The first kappa shape index (κ1) is 19.1. The van der Waals surface area contributed by atoms with Crippen LogP contribution in [-0.4, -0.2) is 18.8 Å². The Balaban J connectivity index is 1.81. The van der Waals surface area contributed by atoms with Crippen LogP contribution in [-0.2, 0) is 9.54 Å². The van der Waals surface area contributed by atoms with E-state index in [0.29, 0.717) is 27.6 Å². The SMILES string of the molecule is COc1ccc(N)c(SC2(CC(=O)c3ccccc3)C(=O)Nc3ccccc32)c1. The number of rotatable bonds is 6. The van der Waals surface area contributed by atoms with Crippen LogP contribution in [0.5, 0.6) is 5.75 Å². The molecule has 1 heterocycles. The number of fused-ring (bicyclic) bond motifs is 1. The molecule has 1 unspecified atom stereocenters. The predicted molar refractivity (Wildman–Crippen MR) is 115 cm³/mol. The molecule has 0 spiro atoms. The summed E-state index contributed by atoms with van der Waals surface area (Å²) in [7, 11) is 1.58. The fourth-order valence-corrected chi connectivity index (χ4v) is 4.84. The molecule has 0 radical (unpaired) electrons. The van der Waals surface area contributed by atoms with Crippen LogP contribution in [0.1, 0.15) is 22.3 Å². The molecule has 5 nitrogen and oxygen atoms in total. The van der Waals surface area contributed by atoms with Crippen LogP contribution in [0.3, 0.4) is 0 Å². The molecule has 0 saturated carbocycles. The minimum Gasteiger partial charge on any atom is -0.497 e. The molecule has 1 aliphatic heterocycles. The number of methoxy groups -OCH3 is 1. The molecule has 4 rings (SSSR count). The number of hydrogen-bond donors (Lipinski definition) is 2. The zero-order chi connectivity index (χ0) is 20.4. The van der Waals surface area contributed by atoms with Crippen molar-refractivity contribution in [3.8, 4) is 5.75 Å². The highest BCUT2D eigenvalue weighted by Gasteiger charge is 2.49. The van der Waals surface area contributed by atoms with Crippen LogP contribution < -0.4 is 15.8 Å². The molecule has 0 aliphatic carbocycles. The molecule has 1 amide bonds. The highest BCUT2D eigenvalue weighted by atomic mass is 32.2. The van der Waals surface area contributed by atoms with Gasteiger partial charge in [0.25, 0.3) is 0 Å². The summed E-state index contributed by atoms with van der Waals surface area (Å²) >= 11 is 1.29. The van der Waals surface area contributed by atoms with Crippen molar-refractivity contribution in [3.63, 3.8) is 0 Å². The number of carbonyl (C=O) groups is 2. The summed E-state index contributed by atoms with van der Waals surface area (Å²) in [6.45, 7) is 0. The third kappa shape index (κ3) is 3.47. The second-order valence-electron chi connectivity index (χ2n) is 6.80. The van der Waals surface area contributed by atoms with Crippen LogP contribution in [0.4, 0.5) is 11.4 Å². The van der Waals surface area contributed by atoms with Gasteiger partial charge >= 0.3 is 0 Å². The van der Waals surface area contributed by atoms with E-state index < -0.39 is 4.75 Å². The zero-order valence-corrected chi connectivity index (χ0v) is 16.7. The maximum atomic E-state index is 13.2. The number of nitrogens with two attached hydrogens (primary N) is 1. The van der Waals surface area contributed by atoms with Crippen molar-refractivity contribution in [1.82, 2.24) is 0 Å². The molecule has 1 atom stereocenters. The van der Waals surface area contributed by atoms with Gasteiger partial charge < -0.3 is 15.8 Å². The van der Waals surface area contributed by atoms with Crippen molar-refractivity contribution in [2.45, 2.75) is 16.1 Å². The highest BCUT2D eigenvalue weighted by Crippen LogP contribution is 2.53. The summed E-state index contributed by atoms with van der Waals surface area (Å²) in [6.07, 6.45) is 0.0151. The van der Waals surface area contributed by atoms with E-state index in [2.05, 4.69) is 5.32 Å². The molecule has 3 aromatic rings. The predicted octanol–water partition coefficient (Wildman–Crippen LogP) is 4.49. The summed E-state index contributed by atoms with van der Waals surface area (Å²) in [5, 5.41) is 2.93. The number of ketones is 1. The molecule has 0 fully saturated rings. The lowest BCUT2D eigenvalue weighted by atomic mass is 9.91. The Hall–Kier alpha value is -3.25. The van der Waals surface area contributed by atoms with Crippen LogP contribution in [0, 0.1) is 0 Å². The lowest BCUT2D eigenvalue weighted by Crippen LogP contribution is -2.33. The number of nitrogen functional groups attached to an aromatic ring is 1. The smallest absolute Gasteiger partial charge is 0.246 e. The average Bonchev–Trinajstić information content (AvgIpc) is 3.01. The second kappa shape index (κ2) is 7.64. The lowest BCUT2D eigenvalue weighted by Gasteiger charge is -2.27. The van der Waals surface area contributed by atoms with Crippen molar-refractivity contribution < 1.29 is 14.3 Å². The first-order chi connectivity index (χ1) is 14.0. The Morgan fingerprint density at radius 1 is 1.07 bits per heavy atom. The van der Waals surface area contributed by atoms with E-state index >= 15 is 0 Å². The van der Waals surface area contributed by atoms with Crippen LogP contribution >= 0.6 is 11.8 Å². The van der Waals surface area contributed by atoms with Gasteiger partial charge in [-0.3, -0.25) is 9.59 Å². The number of thioether (sulfide) groups is 1. The van der Waals surface area contributed by atoms with Gasteiger partial charge in [-0.25, -0.2) is 0 Å². The van der Waals surface area contributed by atoms with E-state index in [1.165, 1.54) is 11.8 Å². The molecule has 29 heavy (non-hydrogen) atoms. The monoisotopic (exact) mass is 404 g/mol. The number of amides is 1. The zero-order valence-electron chi connectivity index (χ0n) is 15.8. The van der Waals surface area contributed by atoms with Crippen LogP contribution in [0.15, 0.2) is 77.7 Å². The van der Waals surface area contributed by atoms with Crippen molar-refractivity contribution in [1.29, 1.82) is 0 Å². The van der Waals surface area contributed by atoms with Crippen LogP contribution in [0.2, 0.25) is 0 Å². The van der Waals surface area contributed by atoms with Crippen molar-refractivity contribution >= 4 is 34.8 Å². The van der Waals surface area contributed by atoms with Crippen molar-refractivity contribution in [2.75, 3.05) is 18.2 Å². The number of para-hydroxylation sites is 1. The molecule has 3 N–H and O–H groups in total. The molecule has 146 valence electrons. The van der Waals surface area contributed by atoms with E-state index in [4.69, 9.17) is 10.5 Å². The quantitative estimate of drug-likeness (QED) is 0.467. The average molecular weight is 404 g/mol. The Morgan fingerprint density at radius 3 is 2.55 bits per heavy atom. The Bertz CT molecular complexity index is 1080. The van der Waals surface area contributed by atoms with E-state index in [0.717, 1.165) is 5.56 Å². The van der Waals surface area contributed by atoms with E-state index in [1.807, 2.05) is 42.5 Å². The van der Waals surface area contributed by atoms with Gasteiger partial charge in [0.15, 0.2) is 5.78 Å². The van der Waals surface area contributed by atoms with Gasteiger partial charge in [-0.1, -0.05) is 48.5 Å². The molecule has 6 heteroatoms. The molecular weight excluding hydrogens is 384 g/mol. The summed E-state index contributed by atoms with van der Waals surface area (Å²) < 4.78 is 4.20. The van der Waals surface area contributed by atoms with Gasteiger partial charge in [-0.15, -0.1) is 11.8 Å². The maximum absolute atomic E-state index is 13.2. The van der Waals surface area contributed by atoms with E-state index in [-0.39, 0.29) is 18.1 Å². The third-order valence-corrected chi connectivity index (χ3v) is 6.46. The first-order valence-electron chi connectivity index (χ1n) is 9.15. The van der Waals surface area contributed by atoms with Gasteiger partial charge in [0.2, 0.25) is 5.91 Å². The second-order valence-corrected chi connectivity index (χ2v) is 8.14. The summed E-state index contributed by atoms with van der Waals surface area (Å²) in [5.41, 5.74) is 8.79. The lowest BCUT2D eigenvalue weighted by molar-refractivity contribution is -0.118. The Labute approximate surface area is 173 Å². The Morgan fingerprint density at radius 2 is 1.79 bits per heavy atom. The number of anilines is 2. The fourth-order valence-electron chi connectivity index (χ4n) is 3.47. The number of nitrogens with one attached hydrogen (secondary N) is 1. The third-order valence-electron chi connectivity index (χ3n) is 4.99.